The normalized spacial score (nSPS) is 25.0. The van der Waals surface area contributed by atoms with Crippen molar-refractivity contribution in [3.05, 3.63) is 59.9 Å². The molecule has 2 aliphatic rings. The largest absolute Gasteiger partial charge is 0.493 e. The van der Waals surface area contributed by atoms with Gasteiger partial charge in [-0.2, -0.15) is 0 Å². The molecule has 3 N–H and O–H groups in total. The van der Waals surface area contributed by atoms with Crippen LogP contribution in [0.25, 0.3) is 0 Å². The fourth-order valence-electron chi connectivity index (χ4n) is 3.19. The molecule has 0 radical (unpaired) electrons. The third kappa shape index (κ3) is 3.86. The molecule has 1 aliphatic heterocycles. The summed E-state index contributed by atoms with van der Waals surface area (Å²) in [7, 11) is 0. The summed E-state index contributed by atoms with van der Waals surface area (Å²) in [5.41, 5.74) is 8.22. The molecule has 1 saturated heterocycles. The van der Waals surface area contributed by atoms with E-state index in [4.69, 9.17) is 4.74 Å². The lowest BCUT2D eigenvalue weighted by molar-refractivity contribution is 0.0922. The van der Waals surface area contributed by atoms with Crippen molar-refractivity contribution in [2.24, 2.45) is 11.8 Å². The molecule has 26 heavy (non-hydrogen) atoms. The summed E-state index contributed by atoms with van der Waals surface area (Å²) in [6.07, 6.45) is 5.94. The smallest absolute Gasteiger partial charge is 0.252 e. The van der Waals surface area contributed by atoms with E-state index in [1.807, 2.05) is 36.4 Å². The third-order valence-electron chi connectivity index (χ3n) is 5.10. The number of aromatic nitrogens is 1. The van der Waals surface area contributed by atoms with Crippen molar-refractivity contribution in [1.82, 2.24) is 21.2 Å². The molecule has 0 spiro atoms. The highest BCUT2D eigenvalue weighted by atomic mass is 16.5. The van der Waals surface area contributed by atoms with Gasteiger partial charge in [0.1, 0.15) is 5.75 Å². The highest BCUT2D eigenvalue weighted by Gasteiger charge is 2.34. The molecule has 6 nitrogen and oxygen atoms in total. The Morgan fingerprint density at radius 1 is 1.15 bits per heavy atom. The second-order valence-corrected chi connectivity index (χ2v) is 7.14. The first kappa shape index (κ1) is 17.0. The van der Waals surface area contributed by atoms with Gasteiger partial charge in [-0.1, -0.05) is 6.92 Å². The Kier molecular flexibility index (Phi) is 4.86. The van der Waals surface area contributed by atoms with Gasteiger partial charge in [0, 0.05) is 23.9 Å². The predicted octanol–water partition coefficient (Wildman–Crippen LogP) is 2.41. The van der Waals surface area contributed by atoms with Gasteiger partial charge in [-0.05, 0) is 60.7 Å². The van der Waals surface area contributed by atoms with Gasteiger partial charge in [0.2, 0.25) is 0 Å². The number of nitrogens with zero attached hydrogens (tertiary/aromatic N) is 1. The van der Waals surface area contributed by atoms with Crippen LogP contribution in [-0.2, 0) is 0 Å². The summed E-state index contributed by atoms with van der Waals surface area (Å²) in [4.78, 5) is 16.6. The predicted molar refractivity (Wildman–Crippen MR) is 98.3 cm³/mol. The number of amides is 1. The van der Waals surface area contributed by atoms with Gasteiger partial charge in [-0.3, -0.25) is 9.78 Å². The lowest BCUT2D eigenvalue weighted by Crippen LogP contribution is -2.46. The van der Waals surface area contributed by atoms with Gasteiger partial charge in [0.15, 0.2) is 0 Å². The average molecular weight is 352 g/mol. The van der Waals surface area contributed by atoms with Crippen molar-refractivity contribution in [1.29, 1.82) is 0 Å². The number of pyridine rings is 1. The summed E-state index contributed by atoms with van der Waals surface area (Å²) in [6, 6.07) is 11.4. The van der Waals surface area contributed by atoms with Crippen LogP contribution in [0.4, 0.5) is 0 Å². The first-order valence-electron chi connectivity index (χ1n) is 9.15. The minimum absolute atomic E-state index is 0.0970. The van der Waals surface area contributed by atoms with Crippen molar-refractivity contribution < 1.29 is 9.53 Å². The maximum absolute atomic E-state index is 12.5. The Morgan fingerprint density at radius 3 is 2.58 bits per heavy atom. The van der Waals surface area contributed by atoms with E-state index >= 15 is 0 Å². The SMILES string of the molecule is CC1C(NC(=O)c2ccc(OCC3CC3)cc2)NNC1c1ccncc1. The molecular formula is C20H24N4O2. The Morgan fingerprint density at radius 2 is 1.88 bits per heavy atom. The molecule has 1 aromatic carbocycles. The second-order valence-electron chi connectivity index (χ2n) is 7.14. The fourth-order valence-corrected chi connectivity index (χ4v) is 3.19. The zero-order valence-electron chi connectivity index (χ0n) is 14.8. The van der Waals surface area contributed by atoms with E-state index in [9.17, 15) is 4.79 Å². The molecule has 1 saturated carbocycles. The van der Waals surface area contributed by atoms with E-state index in [-0.39, 0.29) is 24.0 Å². The van der Waals surface area contributed by atoms with E-state index in [1.165, 1.54) is 12.8 Å². The van der Waals surface area contributed by atoms with Gasteiger partial charge in [-0.25, -0.2) is 10.9 Å². The van der Waals surface area contributed by atoms with Gasteiger partial charge in [-0.15, -0.1) is 0 Å². The zero-order valence-corrected chi connectivity index (χ0v) is 14.8. The second kappa shape index (κ2) is 7.43. The first-order chi connectivity index (χ1) is 12.7. The molecule has 2 aromatic rings. The molecule has 2 fully saturated rings. The van der Waals surface area contributed by atoms with Gasteiger partial charge < -0.3 is 10.1 Å². The fraction of sp³-hybridized carbons (Fsp3) is 0.400. The lowest BCUT2D eigenvalue weighted by atomic mass is 9.95. The Bertz CT molecular complexity index is 746. The van der Waals surface area contributed by atoms with Crippen molar-refractivity contribution in [3.63, 3.8) is 0 Å². The number of hydrogen-bond donors (Lipinski definition) is 3. The molecule has 0 bridgehead atoms. The molecule has 6 heteroatoms. The van der Waals surface area contributed by atoms with E-state index in [0.717, 1.165) is 17.9 Å². The number of hydrazine groups is 1. The molecule has 3 unspecified atom stereocenters. The monoisotopic (exact) mass is 352 g/mol. The number of rotatable bonds is 6. The van der Waals surface area contributed by atoms with Gasteiger partial charge >= 0.3 is 0 Å². The van der Waals surface area contributed by atoms with E-state index in [2.05, 4.69) is 28.1 Å². The van der Waals surface area contributed by atoms with Crippen molar-refractivity contribution in [3.8, 4) is 5.75 Å². The molecule has 2 heterocycles. The van der Waals surface area contributed by atoms with Gasteiger partial charge in [0.05, 0.1) is 18.8 Å². The lowest BCUT2D eigenvalue weighted by Gasteiger charge is -2.20. The van der Waals surface area contributed by atoms with Crippen LogP contribution in [0, 0.1) is 11.8 Å². The van der Waals surface area contributed by atoms with Crippen LogP contribution in [0.5, 0.6) is 5.75 Å². The standard InChI is InChI=1S/C20H24N4O2/c1-13-18(15-8-10-21-11-9-15)23-24-19(13)22-20(25)16-4-6-17(7-5-16)26-12-14-2-3-14/h4-11,13-14,18-19,23-24H,2-3,12H2,1H3,(H,22,25). The van der Waals surface area contributed by atoms with Crippen LogP contribution in [0.2, 0.25) is 0 Å². The van der Waals surface area contributed by atoms with Crippen LogP contribution in [0.15, 0.2) is 48.8 Å². The minimum Gasteiger partial charge on any atom is -0.493 e. The molecule has 3 atom stereocenters. The van der Waals surface area contributed by atoms with E-state index < -0.39 is 0 Å². The zero-order chi connectivity index (χ0) is 17.9. The number of nitrogens with one attached hydrogen (secondary N) is 3. The molecule has 1 amide bonds. The highest BCUT2D eigenvalue weighted by molar-refractivity contribution is 5.94. The van der Waals surface area contributed by atoms with Crippen molar-refractivity contribution in [2.45, 2.75) is 32.0 Å². The van der Waals surface area contributed by atoms with Crippen LogP contribution in [0.3, 0.4) is 0 Å². The Hall–Kier alpha value is -2.44. The van der Waals surface area contributed by atoms with Crippen LogP contribution in [-0.4, -0.2) is 23.7 Å². The van der Waals surface area contributed by atoms with Crippen molar-refractivity contribution in [2.75, 3.05) is 6.61 Å². The topological polar surface area (TPSA) is 75.3 Å². The Balaban J connectivity index is 1.34. The average Bonchev–Trinajstić information content (AvgIpc) is 3.44. The first-order valence-corrected chi connectivity index (χ1v) is 9.15. The number of benzene rings is 1. The molecule has 136 valence electrons. The number of carbonyl (C=O) groups is 1. The quantitative estimate of drug-likeness (QED) is 0.744. The molecular weight excluding hydrogens is 328 g/mol. The number of hydrogen-bond acceptors (Lipinski definition) is 5. The number of carbonyl (C=O) groups excluding carboxylic acids is 1. The van der Waals surface area contributed by atoms with E-state index in [0.29, 0.717) is 11.5 Å². The molecule has 1 aliphatic carbocycles. The molecule has 1 aromatic heterocycles. The maximum atomic E-state index is 12.5. The maximum Gasteiger partial charge on any atom is 0.252 e. The third-order valence-corrected chi connectivity index (χ3v) is 5.10. The van der Waals surface area contributed by atoms with Crippen LogP contribution < -0.4 is 20.9 Å². The summed E-state index contributed by atoms with van der Waals surface area (Å²) in [5, 5.41) is 3.06. The van der Waals surface area contributed by atoms with Crippen LogP contribution in [0.1, 0.15) is 41.7 Å². The number of ether oxygens (including phenoxy) is 1. The summed E-state index contributed by atoms with van der Waals surface area (Å²) < 4.78 is 5.72. The van der Waals surface area contributed by atoms with Gasteiger partial charge in [0.25, 0.3) is 5.91 Å². The Labute approximate surface area is 153 Å². The summed E-state index contributed by atoms with van der Waals surface area (Å²) in [5.74, 6) is 1.64. The summed E-state index contributed by atoms with van der Waals surface area (Å²) in [6.45, 7) is 2.88. The van der Waals surface area contributed by atoms with Crippen LogP contribution >= 0.6 is 0 Å². The van der Waals surface area contributed by atoms with E-state index in [1.54, 1.807) is 12.4 Å². The summed E-state index contributed by atoms with van der Waals surface area (Å²) >= 11 is 0. The van der Waals surface area contributed by atoms with Crippen molar-refractivity contribution >= 4 is 5.91 Å². The molecule has 4 rings (SSSR count). The minimum atomic E-state index is -0.147. The highest BCUT2D eigenvalue weighted by Crippen LogP contribution is 2.30.